The molecule has 108 valence electrons. The van der Waals surface area contributed by atoms with Crippen molar-refractivity contribution in [2.45, 2.75) is 33.4 Å². The Bertz CT molecular complexity index is 587. The minimum atomic E-state index is 0.474. The number of nitrogens with two attached hydrogens (primary N) is 1. The molecule has 6 heteroatoms. The fraction of sp³-hybridized carbons (Fsp3) is 0.357. The van der Waals surface area contributed by atoms with Crippen LogP contribution in [0, 0.1) is 0 Å². The Morgan fingerprint density at radius 3 is 2.40 bits per heavy atom. The average Bonchev–Trinajstić information content (AvgIpc) is 2.80. The number of anilines is 1. The zero-order chi connectivity index (χ0) is 14.7. The molecule has 1 aromatic heterocycles. The van der Waals surface area contributed by atoms with Gasteiger partial charge in [-0.1, -0.05) is 6.92 Å². The Labute approximate surface area is 135 Å². The van der Waals surface area contributed by atoms with Crippen molar-refractivity contribution in [1.82, 2.24) is 9.78 Å². The summed E-state index contributed by atoms with van der Waals surface area (Å²) >= 11 is 6.94. The molecule has 0 aliphatic carbocycles. The summed E-state index contributed by atoms with van der Waals surface area (Å²) in [6.45, 7) is 5.48. The van der Waals surface area contributed by atoms with Crippen molar-refractivity contribution in [3.8, 4) is 5.75 Å². The van der Waals surface area contributed by atoms with Gasteiger partial charge in [0.25, 0.3) is 0 Å². The fourth-order valence-electron chi connectivity index (χ4n) is 1.94. The van der Waals surface area contributed by atoms with E-state index in [1.54, 1.807) is 0 Å². The molecule has 0 bridgehead atoms. The van der Waals surface area contributed by atoms with Crippen LogP contribution < -0.4 is 10.5 Å². The average molecular weight is 403 g/mol. The summed E-state index contributed by atoms with van der Waals surface area (Å²) in [6, 6.07) is 5.74. The van der Waals surface area contributed by atoms with Crippen molar-refractivity contribution in [3.63, 3.8) is 0 Å². The van der Waals surface area contributed by atoms with Crippen LogP contribution in [0.5, 0.6) is 5.75 Å². The quantitative estimate of drug-likeness (QED) is 0.764. The smallest absolute Gasteiger partial charge is 0.148 e. The van der Waals surface area contributed by atoms with Crippen LogP contribution in [-0.4, -0.2) is 9.78 Å². The molecular weight excluding hydrogens is 386 g/mol. The molecule has 4 nitrogen and oxygen atoms in total. The largest absolute Gasteiger partial charge is 0.485 e. The molecular formula is C14H17Br2N3O. The minimum absolute atomic E-state index is 0.474. The van der Waals surface area contributed by atoms with Crippen molar-refractivity contribution >= 4 is 37.5 Å². The maximum Gasteiger partial charge on any atom is 0.148 e. The van der Waals surface area contributed by atoms with E-state index in [4.69, 9.17) is 10.5 Å². The highest BCUT2D eigenvalue weighted by Crippen LogP contribution is 2.36. The van der Waals surface area contributed by atoms with Crippen LogP contribution in [-0.2, 0) is 19.6 Å². The van der Waals surface area contributed by atoms with E-state index < -0.39 is 0 Å². The summed E-state index contributed by atoms with van der Waals surface area (Å²) in [7, 11) is 0. The lowest BCUT2D eigenvalue weighted by Gasteiger charge is -2.11. The molecule has 0 saturated carbocycles. The monoisotopic (exact) mass is 401 g/mol. The standard InChI is InChI=1S/C14H17Br2N3O/c1-3-10-7-11(19(4-2)18-10)8-20-14-12(15)5-9(17)6-13(14)16/h5-7H,3-4,8,17H2,1-2H3. The van der Waals surface area contributed by atoms with Gasteiger partial charge in [0.15, 0.2) is 0 Å². The SMILES string of the molecule is CCc1cc(COc2c(Br)cc(N)cc2Br)n(CC)n1. The molecule has 1 heterocycles. The lowest BCUT2D eigenvalue weighted by Crippen LogP contribution is -2.06. The molecule has 2 rings (SSSR count). The number of ether oxygens (including phenoxy) is 1. The van der Waals surface area contributed by atoms with Gasteiger partial charge in [-0.15, -0.1) is 0 Å². The van der Waals surface area contributed by atoms with Gasteiger partial charge in [-0.25, -0.2) is 0 Å². The van der Waals surface area contributed by atoms with Gasteiger partial charge in [0.1, 0.15) is 12.4 Å². The highest BCUT2D eigenvalue weighted by Gasteiger charge is 2.11. The van der Waals surface area contributed by atoms with Crippen LogP contribution in [0.1, 0.15) is 25.2 Å². The number of benzene rings is 1. The molecule has 0 aliphatic heterocycles. The second kappa shape index (κ2) is 6.63. The molecule has 0 atom stereocenters. The number of nitrogens with zero attached hydrogens (tertiary/aromatic N) is 2. The van der Waals surface area contributed by atoms with Gasteiger partial charge in [-0.05, 0) is 63.4 Å². The topological polar surface area (TPSA) is 53.1 Å². The highest BCUT2D eigenvalue weighted by molar-refractivity contribution is 9.11. The lowest BCUT2D eigenvalue weighted by atomic mass is 10.3. The van der Waals surface area contributed by atoms with Crippen molar-refractivity contribution < 1.29 is 4.74 Å². The molecule has 2 N–H and O–H groups in total. The Morgan fingerprint density at radius 2 is 1.85 bits per heavy atom. The molecule has 0 aliphatic rings. The summed E-state index contributed by atoms with van der Waals surface area (Å²) < 4.78 is 9.54. The van der Waals surface area contributed by atoms with E-state index in [0.717, 1.165) is 39.0 Å². The highest BCUT2D eigenvalue weighted by atomic mass is 79.9. The first kappa shape index (κ1) is 15.4. The van der Waals surface area contributed by atoms with E-state index >= 15 is 0 Å². The van der Waals surface area contributed by atoms with E-state index in [1.807, 2.05) is 16.8 Å². The number of halogens is 2. The third-order valence-corrected chi connectivity index (χ3v) is 4.14. The predicted octanol–water partition coefficient (Wildman–Crippen LogP) is 4.15. The van der Waals surface area contributed by atoms with Gasteiger partial charge in [-0.3, -0.25) is 4.68 Å². The number of hydrogen-bond donors (Lipinski definition) is 1. The summed E-state index contributed by atoms with van der Waals surface area (Å²) in [5.41, 5.74) is 8.61. The number of hydrogen-bond acceptors (Lipinski definition) is 3. The van der Waals surface area contributed by atoms with Crippen LogP contribution in [0.25, 0.3) is 0 Å². The molecule has 20 heavy (non-hydrogen) atoms. The molecule has 1 aromatic carbocycles. The van der Waals surface area contributed by atoms with Crippen molar-refractivity contribution in [3.05, 3.63) is 38.5 Å². The maximum absolute atomic E-state index is 5.90. The number of nitrogen functional groups attached to an aromatic ring is 1. The van der Waals surface area contributed by atoms with E-state index in [-0.39, 0.29) is 0 Å². The third kappa shape index (κ3) is 3.35. The van der Waals surface area contributed by atoms with E-state index in [9.17, 15) is 0 Å². The molecule has 0 fully saturated rings. The zero-order valence-electron chi connectivity index (χ0n) is 11.5. The van der Waals surface area contributed by atoms with Gasteiger partial charge in [-0.2, -0.15) is 5.10 Å². The van der Waals surface area contributed by atoms with Crippen LogP contribution in [0.3, 0.4) is 0 Å². The lowest BCUT2D eigenvalue weighted by molar-refractivity contribution is 0.289. The van der Waals surface area contributed by atoms with Gasteiger partial charge in [0.2, 0.25) is 0 Å². The predicted molar refractivity (Wildman–Crippen MR) is 87.9 cm³/mol. The first-order valence-corrected chi connectivity index (χ1v) is 8.06. The molecule has 0 spiro atoms. The van der Waals surface area contributed by atoms with Crippen molar-refractivity contribution in [2.24, 2.45) is 0 Å². The fourth-order valence-corrected chi connectivity index (χ4v) is 3.39. The second-order valence-electron chi connectivity index (χ2n) is 4.40. The van der Waals surface area contributed by atoms with Crippen LogP contribution >= 0.6 is 31.9 Å². The summed E-state index contributed by atoms with van der Waals surface area (Å²) in [5.74, 6) is 0.751. The van der Waals surface area contributed by atoms with Gasteiger partial charge in [0, 0.05) is 12.2 Å². The zero-order valence-corrected chi connectivity index (χ0v) is 14.7. The van der Waals surface area contributed by atoms with E-state index in [0.29, 0.717) is 12.3 Å². The Kier molecular flexibility index (Phi) is 5.10. The molecule has 0 saturated heterocycles. The van der Waals surface area contributed by atoms with Gasteiger partial charge in [0.05, 0.1) is 20.3 Å². The van der Waals surface area contributed by atoms with Crippen molar-refractivity contribution in [1.29, 1.82) is 0 Å². The number of aromatic nitrogens is 2. The first-order valence-electron chi connectivity index (χ1n) is 6.48. The Hall–Kier alpha value is -1.01. The van der Waals surface area contributed by atoms with Crippen LogP contribution in [0.15, 0.2) is 27.1 Å². The summed E-state index contributed by atoms with van der Waals surface area (Å²) in [6.07, 6.45) is 0.926. The van der Waals surface area contributed by atoms with E-state index in [2.05, 4.69) is 56.9 Å². The van der Waals surface area contributed by atoms with Gasteiger partial charge >= 0.3 is 0 Å². The maximum atomic E-state index is 5.90. The summed E-state index contributed by atoms with van der Waals surface area (Å²) in [5, 5.41) is 4.51. The van der Waals surface area contributed by atoms with Crippen molar-refractivity contribution in [2.75, 3.05) is 5.73 Å². The van der Waals surface area contributed by atoms with Gasteiger partial charge < -0.3 is 10.5 Å². The number of rotatable bonds is 5. The summed E-state index contributed by atoms with van der Waals surface area (Å²) in [4.78, 5) is 0. The first-order chi connectivity index (χ1) is 9.55. The molecule has 2 aromatic rings. The molecule has 0 unspecified atom stereocenters. The normalized spacial score (nSPS) is 10.8. The molecule has 0 amide bonds. The minimum Gasteiger partial charge on any atom is -0.485 e. The van der Waals surface area contributed by atoms with E-state index in [1.165, 1.54) is 0 Å². The molecule has 0 radical (unpaired) electrons. The van der Waals surface area contributed by atoms with Crippen LogP contribution in [0.4, 0.5) is 5.69 Å². The Balaban J connectivity index is 2.18. The third-order valence-electron chi connectivity index (χ3n) is 2.96. The Morgan fingerprint density at radius 1 is 1.20 bits per heavy atom. The second-order valence-corrected chi connectivity index (χ2v) is 6.11. The number of aryl methyl sites for hydroxylation is 2. The van der Waals surface area contributed by atoms with Crippen LogP contribution in [0.2, 0.25) is 0 Å².